The second-order valence-corrected chi connectivity index (χ2v) is 6.25. The van der Waals surface area contributed by atoms with Crippen molar-refractivity contribution in [2.24, 2.45) is 0 Å². The lowest BCUT2D eigenvalue weighted by Gasteiger charge is -2.21. The Kier molecular flexibility index (Phi) is 5.40. The zero-order chi connectivity index (χ0) is 19.4. The third kappa shape index (κ3) is 4.63. The maximum absolute atomic E-state index is 12.4. The molecule has 140 valence electrons. The van der Waals surface area contributed by atoms with Crippen molar-refractivity contribution in [2.75, 3.05) is 18.7 Å². The summed E-state index contributed by atoms with van der Waals surface area (Å²) in [6.45, 7) is 3.22. The van der Waals surface area contributed by atoms with Crippen LogP contribution in [0.5, 0.6) is 11.5 Å². The minimum atomic E-state index is -0.341. The first kappa shape index (κ1) is 18.4. The Morgan fingerprint density at radius 1 is 1.04 bits per heavy atom. The van der Waals surface area contributed by atoms with Gasteiger partial charge in [-0.3, -0.25) is 14.4 Å². The summed E-state index contributed by atoms with van der Waals surface area (Å²) in [5.41, 5.74) is 1.86. The van der Waals surface area contributed by atoms with Crippen molar-refractivity contribution in [1.29, 1.82) is 0 Å². The van der Waals surface area contributed by atoms with Crippen LogP contribution in [0.15, 0.2) is 42.5 Å². The van der Waals surface area contributed by atoms with Crippen LogP contribution in [0.1, 0.15) is 29.8 Å². The van der Waals surface area contributed by atoms with E-state index in [1.165, 1.54) is 18.7 Å². The van der Waals surface area contributed by atoms with Gasteiger partial charge in [-0.2, -0.15) is 0 Å². The topological polar surface area (TPSA) is 84.9 Å². The lowest BCUT2D eigenvalue weighted by molar-refractivity contribution is -0.133. The van der Waals surface area contributed by atoms with Crippen molar-refractivity contribution >= 4 is 23.3 Å². The Balaban J connectivity index is 1.65. The number of anilines is 1. The van der Waals surface area contributed by atoms with E-state index in [0.29, 0.717) is 22.7 Å². The number of nitrogens with zero attached hydrogens (tertiary/aromatic N) is 1. The molecule has 0 saturated heterocycles. The van der Waals surface area contributed by atoms with Gasteiger partial charge in [0, 0.05) is 24.7 Å². The Morgan fingerprint density at radius 3 is 2.56 bits per heavy atom. The first-order valence-electron chi connectivity index (χ1n) is 8.47. The predicted molar refractivity (Wildman–Crippen MR) is 98.7 cm³/mol. The highest BCUT2D eigenvalue weighted by Crippen LogP contribution is 2.32. The quantitative estimate of drug-likeness (QED) is 0.792. The lowest BCUT2D eigenvalue weighted by atomic mass is 10.1. The van der Waals surface area contributed by atoms with E-state index in [-0.39, 0.29) is 37.5 Å². The maximum Gasteiger partial charge on any atom is 0.244 e. The molecule has 0 aromatic heterocycles. The number of Topliss-reactive ketones (excluding diaryl/α,β-unsaturated/α-hetero) is 1. The molecule has 2 amide bonds. The second kappa shape index (κ2) is 7.90. The van der Waals surface area contributed by atoms with Crippen molar-refractivity contribution in [1.82, 2.24) is 4.90 Å². The molecule has 2 aromatic rings. The summed E-state index contributed by atoms with van der Waals surface area (Å²) in [7, 11) is 0. The van der Waals surface area contributed by atoms with E-state index < -0.39 is 0 Å². The molecule has 0 bridgehead atoms. The first-order valence-corrected chi connectivity index (χ1v) is 8.47. The molecule has 0 saturated carbocycles. The van der Waals surface area contributed by atoms with Crippen molar-refractivity contribution in [2.45, 2.75) is 20.4 Å². The molecular formula is C20H20N2O5. The summed E-state index contributed by atoms with van der Waals surface area (Å²) in [4.78, 5) is 37.2. The molecule has 1 heterocycles. The van der Waals surface area contributed by atoms with E-state index in [2.05, 4.69) is 5.32 Å². The van der Waals surface area contributed by atoms with Gasteiger partial charge in [0.1, 0.15) is 6.54 Å². The Hall–Kier alpha value is -3.35. The summed E-state index contributed by atoms with van der Waals surface area (Å²) in [6.07, 6.45) is 0. The molecule has 27 heavy (non-hydrogen) atoms. The SMILES string of the molecule is CC(=O)c1cccc(NC(=O)CN(Cc2ccc3c(c2)OCO3)C(C)=O)c1. The maximum atomic E-state index is 12.4. The van der Waals surface area contributed by atoms with Crippen LogP contribution in [0, 0.1) is 0 Å². The average molecular weight is 368 g/mol. The summed E-state index contributed by atoms with van der Waals surface area (Å²) in [6, 6.07) is 12.1. The van der Waals surface area contributed by atoms with Gasteiger partial charge in [-0.05, 0) is 36.8 Å². The van der Waals surface area contributed by atoms with Crippen LogP contribution in [-0.4, -0.2) is 35.8 Å². The molecule has 3 rings (SSSR count). The van der Waals surface area contributed by atoms with Gasteiger partial charge in [0.25, 0.3) is 0 Å². The van der Waals surface area contributed by atoms with Crippen molar-refractivity contribution < 1.29 is 23.9 Å². The van der Waals surface area contributed by atoms with Gasteiger partial charge in [0.15, 0.2) is 17.3 Å². The molecule has 0 spiro atoms. The molecule has 7 heteroatoms. The number of ketones is 1. The van der Waals surface area contributed by atoms with Crippen molar-refractivity contribution in [3.05, 3.63) is 53.6 Å². The van der Waals surface area contributed by atoms with Crippen LogP contribution in [0.2, 0.25) is 0 Å². The highest BCUT2D eigenvalue weighted by molar-refractivity contribution is 5.98. The summed E-state index contributed by atoms with van der Waals surface area (Å²) in [5.74, 6) is 0.643. The zero-order valence-electron chi connectivity index (χ0n) is 15.2. The van der Waals surface area contributed by atoms with Crippen molar-refractivity contribution in [3.63, 3.8) is 0 Å². The highest BCUT2D eigenvalue weighted by Gasteiger charge is 2.18. The Bertz CT molecular complexity index is 894. The van der Waals surface area contributed by atoms with Gasteiger partial charge >= 0.3 is 0 Å². The van der Waals surface area contributed by atoms with E-state index in [0.717, 1.165) is 5.56 Å². The fourth-order valence-corrected chi connectivity index (χ4v) is 2.73. The van der Waals surface area contributed by atoms with Crippen LogP contribution >= 0.6 is 0 Å². The van der Waals surface area contributed by atoms with Gasteiger partial charge in [-0.1, -0.05) is 18.2 Å². The molecule has 0 atom stereocenters. The molecule has 1 N–H and O–H groups in total. The van der Waals surface area contributed by atoms with Crippen LogP contribution < -0.4 is 14.8 Å². The number of fused-ring (bicyclic) bond motifs is 1. The number of nitrogens with one attached hydrogen (secondary N) is 1. The van der Waals surface area contributed by atoms with Gasteiger partial charge < -0.3 is 19.7 Å². The zero-order valence-corrected chi connectivity index (χ0v) is 15.2. The number of rotatable bonds is 6. The van der Waals surface area contributed by atoms with E-state index in [1.807, 2.05) is 6.07 Å². The second-order valence-electron chi connectivity index (χ2n) is 6.25. The van der Waals surface area contributed by atoms with E-state index in [9.17, 15) is 14.4 Å². The number of hydrogen-bond acceptors (Lipinski definition) is 5. The first-order chi connectivity index (χ1) is 12.9. The van der Waals surface area contributed by atoms with Crippen LogP contribution in [0.4, 0.5) is 5.69 Å². The molecule has 0 aliphatic carbocycles. The molecule has 1 aliphatic rings. The molecule has 2 aromatic carbocycles. The van der Waals surface area contributed by atoms with E-state index >= 15 is 0 Å². The number of ether oxygens (including phenoxy) is 2. The van der Waals surface area contributed by atoms with Gasteiger partial charge in [-0.25, -0.2) is 0 Å². The summed E-state index contributed by atoms with van der Waals surface area (Å²) >= 11 is 0. The highest BCUT2D eigenvalue weighted by atomic mass is 16.7. The van der Waals surface area contributed by atoms with Gasteiger partial charge in [0.2, 0.25) is 18.6 Å². The molecular weight excluding hydrogens is 348 g/mol. The largest absolute Gasteiger partial charge is 0.454 e. The fraction of sp³-hybridized carbons (Fsp3) is 0.250. The van der Waals surface area contributed by atoms with Crippen LogP contribution in [0.3, 0.4) is 0 Å². The van der Waals surface area contributed by atoms with Crippen molar-refractivity contribution in [3.8, 4) is 11.5 Å². The number of carbonyl (C=O) groups is 3. The monoisotopic (exact) mass is 368 g/mol. The number of carbonyl (C=O) groups excluding carboxylic acids is 3. The summed E-state index contributed by atoms with van der Waals surface area (Å²) in [5, 5.41) is 2.72. The third-order valence-electron chi connectivity index (χ3n) is 4.14. The lowest BCUT2D eigenvalue weighted by Crippen LogP contribution is -2.36. The smallest absolute Gasteiger partial charge is 0.244 e. The van der Waals surface area contributed by atoms with E-state index in [4.69, 9.17) is 9.47 Å². The third-order valence-corrected chi connectivity index (χ3v) is 4.14. The number of amides is 2. The van der Waals surface area contributed by atoms with Gasteiger partial charge in [-0.15, -0.1) is 0 Å². The Morgan fingerprint density at radius 2 is 1.81 bits per heavy atom. The van der Waals surface area contributed by atoms with Crippen LogP contribution in [0.25, 0.3) is 0 Å². The predicted octanol–water partition coefficient (Wildman–Crippen LogP) is 2.61. The summed E-state index contributed by atoms with van der Waals surface area (Å²) < 4.78 is 10.6. The Labute approximate surface area is 156 Å². The normalized spacial score (nSPS) is 11.8. The fourth-order valence-electron chi connectivity index (χ4n) is 2.73. The van der Waals surface area contributed by atoms with E-state index in [1.54, 1.807) is 36.4 Å². The van der Waals surface area contributed by atoms with Crippen LogP contribution in [-0.2, 0) is 16.1 Å². The number of hydrogen-bond donors (Lipinski definition) is 1. The van der Waals surface area contributed by atoms with Gasteiger partial charge in [0.05, 0.1) is 0 Å². The molecule has 0 unspecified atom stereocenters. The molecule has 1 aliphatic heterocycles. The minimum Gasteiger partial charge on any atom is -0.454 e. The average Bonchev–Trinajstić information content (AvgIpc) is 3.09. The standard InChI is InChI=1S/C20H20N2O5/c1-13(23)16-4-3-5-17(9-16)21-20(25)11-22(14(2)24)10-15-6-7-18-19(8-15)27-12-26-18/h3-9H,10-12H2,1-2H3,(H,21,25). The molecule has 0 radical (unpaired) electrons. The molecule has 0 fully saturated rings. The molecule has 7 nitrogen and oxygen atoms in total. The minimum absolute atomic E-state index is 0.0840. The number of benzene rings is 2.